The number of aliphatic hydroxyl groups is 1. The number of ether oxygens (including phenoxy) is 1. The van der Waals surface area contributed by atoms with E-state index in [0.29, 0.717) is 5.41 Å². The van der Waals surface area contributed by atoms with Crippen molar-refractivity contribution in [2.45, 2.75) is 64.6 Å². The van der Waals surface area contributed by atoms with Crippen LogP contribution in [-0.4, -0.2) is 17.8 Å². The molecule has 2 rings (SSSR count). The lowest BCUT2D eigenvalue weighted by molar-refractivity contribution is -0.138. The monoisotopic (exact) mass is 276 g/mol. The van der Waals surface area contributed by atoms with E-state index in [4.69, 9.17) is 4.74 Å². The van der Waals surface area contributed by atoms with Crippen LogP contribution in [0.1, 0.15) is 63.7 Å². The van der Waals surface area contributed by atoms with Gasteiger partial charge >= 0.3 is 0 Å². The van der Waals surface area contributed by atoms with Crippen LogP contribution in [0.3, 0.4) is 0 Å². The molecule has 20 heavy (non-hydrogen) atoms. The standard InChI is InChI=1S/C18H28O2/c1-5-14-7-6-8-15(13-14)16(19)18(20-4)11-9-17(2,3)10-12-18/h6-8,13,16,19H,5,9-12H2,1-4H3. The molecule has 1 fully saturated rings. The largest absolute Gasteiger partial charge is 0.385 e. The fourth-order valence-electron chi connectivity index (χ4n) is 3.23. The lowest BCUT2D eigenvalue weighted by atomic mass is 9.68. The predicted molar refractivity (Wildman–Crippen MR) is 82.8 cm³/mol. The van der Waals surface area contributed by atoms with Crippen LogP contribution in [0.15, 0.2) is 24.3 Å². The Hall–Kier alpha value is -0.860. The van der Waals surface area contributed by atoms with Crippen molar-refractivity contribution in [2.24, 2.45) is 5.41 Å². The van der Waals surface area contributed by atoms with Gasteiger partial charge in [0.05, 0.1) is 5.60 Å². The summed E-state index contributed by atoms with van der Waals surface area (Å²) < 4.78 is 5.81. The summed E-state index contributed by atoms with van der Waals surface area (Å²) in [5.41, 5.74) is 2.21. The molecule has 1 N–H and O–H groups in total. The smallest absolute Gasteiger partial charge is 0.108 e. The second-order valence-electron chi connectivity index (χ2n) is 6.93. The van der Waals surface area contributed by atoms with Gasteiger partial charge in [0, 0.05) is 7.11 Å². The summed E-state index contributed by atoms with van der Waals surface area (Å²) in [5.74, 6) is 0. The van der Waals surface area contributed by atoms with E-state index in [1.165, 1.54) is 5.56 Å². The van der Waals surface area contributed by atoms with Crippen molar-refractivity contribution in [3.8, 4) is 0 Å². The number of benzene rings is 1. The van der Waals surface area contributed by atoms with Crippen LogP contribution in [0, 0.1) is 5.41 Å². The topological polar surface area (TPSA) is 29.5 Å². The Balaban J connectivity index is 2.22. The Morgan fingerprint density at radius 2 is 1.85 bits per heavy atom. The highest BCUT2D eigenvalue weighted by atomic mass is 16.5. The molecule has 0 radical (unpaired) electrons. The molecule has 1 saturated carbocycles. The van der Waals surface area contributed by atoms with E-state index in [0.717, 1.165) is 37.7 Å². The van der Waals surface area contributed by atoms with E-state index in [1.807, 2.05) is 12.1 Å². The number of hydrogen-bond donors (Lipinski definition) is 1. The minimum absolute atomic E-state index is 0.368. The highest BCUT2D eigenvalue weighted by Gasteiger charge is 2.44. The quantitative estimate of drug-likeness (QED) is 0.890. The van der Waals surface area contributed by atoms with E-state index >= 15 is 0 Å². The van der Waals surface area contributed by atoms with Crippen molar-refractivity contribution in [2.75, 3.05) is 7.11 Å². The van der Waals surface area contributed by atoms with Gasteiger partial charge < -0.3 is 9.84 Å². The first-order chi connectivity index (χ1) is 9.42. The molecule has 1 aromatic rings. The van der Waals surface area contributed by atoms with Crippen molar-refractivity contribution in [1.29, 1.82) is 0 Å². The Kier molecular flexibility index (Phi) is 4.55. The molecule has 1 aliphatic carbocycles. The molecule has 2 heteroatoms. The van der Waals surface area contributed by atoms with Gasteiger partial charge in [0.2, 0.25) is 0 Å². The molecule has 0 saturated heterocycles. The minimum atomic E-state index is -0.532. The average Bonchev–Trinajstić information content (AvgIpc) is 2.47. The normalized spacial score (nSPS) is 22.4. The average molecular weight is 276 g/mol. The number of rotatable bonds is 4. The fraction of sp³-hybridized carbons (Fsp3) is 0.667. The molecule has 1 unspecified atom stereocenters. The van der Waals surface area contributed by atoms with Crippen molar-refractivity contribution in [1.82, 2.24) is 0 Å². The van der Waals surface area contributed by atoms with Gasteiger partial charge in [-0.2, -0.15) is 0 Å². The van der Waals surface area contributed by atoms with Gasteiger partial charge in [-0.3, -0.25) is 0 Å². The summed E-state index contributed by atoms with van der Waals surface area (Å²) in [7, 11) is 1.74. The van der Waals surface area contributed by atoms with Gasteiger partial charge in [-0.25, -0.2) is 0 Å². The Bertz CT molecular complexity index is 440. The second-order valence-corrected chi connectivity index (χ2v) is 6.93. The summed E-state index contributed by atoms with van der Waals surface area (Å²) >= 11 is 0. The third-order valence-corrected chi connectivity index (χ3v) is 5.03. The zero-order chi connectivity index (χ0) is 14.8. The molecule has 0 amide bonds. The summed E-state index contributed by atoms with van der Waals surface area (Å²) in [6.07, 6.45) is 4.52. The van der Waals surface area contributed by atoms with E-state index in [9.17, 15) is 5.11 Å². The van der Waals surface area contributed by atoms with Crippen molar-refractivity contribution < 1.29 is 9.84 Å². The molecule has 0 bridgehead atoms. The van der Waals surface area contributed by atoms with Crippen LogP contribution in [-0.2, 0) is 11.2 Å². The maximum atomic E-state index is 10.9. The predicted octanol–water partition coefficient (Wildman–Crippen LogP) is 4.27. The van der Waals surface area contributed by atoms with Crippen LogP contribution in [0.25, 0.3) is 0 Å². The van der Waals surface area contributed by atoms with Crippen molar-refractivity contribution in [3.63, 3.8) is 0 Å². The van der Waals surface area contributed by atoms with Crippen LogP contribution in [0.2, 0.25) is 0 Å². The van der Waals surface area contributed by atoms with Crippen LogP contribution < -0.4 is 0 Å². The molecule has 2 nitrogen and oxygen atoms in total. The third-order valence-electron chi connectivity index (χ3n) is 5.03. The molecule has 1 atom stereocenters. The lowest BCUT2D eigenvalue weighted by Gasteiger charge is -2.45. The van der Waals surface area contributed by atoms with Crippen molar-refractivity contribution >= 4 is 0 Å². The van der Waals surface area contributed by atoms with Gasteiger partial charge in [0.1, 0.15) is 6.10 Å². The van der Waals surface area contributed by atoms with Crippen LogP contribution in [0.5, 0.6) is 0 Å². The molecular formula is C18H28O2. The van der Waals surface area contributed by atoms with Gasteiger partial charge in [0.25, 0.3) is 0 Å². The van der Waals surface area contributed by atoms with E-state index in [2.05, 4.69) is 32.9 Å². The third kappa shape index (κ3) is 3.07. The Labute approximate surface area is 123 Å². The first-order valence-electron chi connectivity index (χ1n) is 7.74. The van der Waals surface area contributed by atoms with Crippen molar-refractivity contribution in [3.05, 3.63) is 35.4 Å². The summed E-state index contributed by atoms with van der Waals surface area (Å²) in [5, 5.41) is 10.9. The Morgan fingerprint density at radius 1 is 1.20 bits per heavy atom. The minimum Gasteiger partial charge on any atom is -0.385 e. The van der Waals surface area contributed by atoms with E-state index in [-0.39, 0.29) is 0 Å². The van der Waals surface area contributed by atoms with Gasteiger partial charge in [-0.15, -0.1) is 0 Å². The molecular weight excluding hydrogens is 248 g/mol. The van der Waals surface area contributed by atoms with Gasteiger partial charge in [-0.05, 0) is 48.6 Å². The zero-order valence-corrected chi connectivity index (χ0v) is 13.3. The summed E-state index contributed by atoms with van der Waals surface area (Å²) in [6.45, 7) is 6.74. The first-order valence-corrected chi connectivity index (χ1v) is 7.74. The first kappa shape index (κ1) is 15.5. The molecule has 0 aromatic heterocycles. The second kappa shape index (κ2) is 5.87. The molecule has 1 aromatic carbocycles. The fourth-order valence-corrected chi connectivity index (χ4v) is 3.23. The van der Waals surface area contributed by atoms with E-state index in [1.54, 1.807) is 7.11 Å². The summed E-state index contributed by atoms with van der Waals surface area (Å²) in [6, 6.07) is 8.28. The number of methoxy groups -OCH3 is 1. The number of aryl methyl sites for hydroxylation is 1. The highest BCUT2D eigenvalue weighted by molar-refractivity contribution is 5.27. The van der Waals surface area contributed by atoms with E-state index < -0.39 is 11.7 Å². The van der Waals surface area contributed by atoms with Crippen LogP contribution in [0.4, 0.5) is 0 Å². The number of aliphatic hydroxyl groups excluding tert-OH is 1. The molecule has 0 aliphatic heterocycles. The molecule has 112 valence electrons. The maximum Gasteiger partial charge on any atom is 0.108 e. The SMILES string of the molecule is CCc1cccc(C(O)C2(OC)CCC(C)(C)CC2)c1. The van der Waals surface area contributed by atoms with Gasteiger partial charge in [-0.1, -0.05) is 45.0 Å². The molecule has 0 spiro atoms. The zero-order valence-electron chi connectivity index (χ0n) is 13.3. The number of hydrogen-bond acceptors (Lipinski definition) is 2. The van der Waals surface area contributed by atoms with Crippen LogP contribution >= 0.6 is 0 Å². The van der Waals surface area contributed by atoms with Gasteiger partial charge in [0.15, 0.2) is 0 Å². The lowest BCUT2D eigenvalue weighted by Crippen LogP contribution is -2.43. The Morgan fingerprint density at radius 3 is 2.40 bits per heavy atom. The summed E-state index contributed by atoms with van der Waals surface area (Å²) in [4.78, 5) is 0. The molecule has 0 heterocycles. The molecule has 1 aliphatic rings. The highest BCUT2D eigenvalue weighted by Crippen LogP contribution is 2.47. The maximum absolute atomic E-state index is 10.9.